The molecule has 1 aromatic heterocycles. The lowest BCUT2D eigenvalue weighted by molar-refractivity contribution is -0.117. The van der Waals surface area contributed by atoms with E-state index in [1.165, 1.54) is 11.8 Å². The van der Waals surface area contributed by atoms with Gasteiger partial charge in [0.25, 0.3) is 0 Å². The van der Waals surface area contributed by atoms with E-state index in [2.05, 4.69) is 10.2 Å². The van der Waals surface area contributed by atoms with E-state index < -0.39 is 11.2 Å². The van der Waals surface area contributed by atoms with Crippen molar-refractivity contribution in [2.45, 2.75) is 23.4 Å². The molecule has 7 heteroatoms. The molecule has 6 nitrogen and oxygen atoms in total. The van der Waals surface area contributed by atoms with E-state index in [4.69, 9.17) is 10.5 Å². The molecular formula is C14H18N4O2S. The molecule has 21 heavy (non-hydrogen) atoms. The van der Waals surface area contributed by atoms with Crippen molar-refractivity contribution >= 4 is 17.7 Å². The summed E-state index contributed by atoms with van der Waals surface area (Å²) in [4.78, 5) is 11.7. The van der Waals surface area contributed by atoms with Crippen molar-refractivity contribution in [3.63, 3.8) is 0 Å². The number of aryl methyl sites for hydroxylation is 1. The smallest absolute Gasteiger partial charge is 0.235 e. The summed E-state index contributed by atoms with van der Waals surface area (Å²) in [5, 5.41) is 8.18. The molecule has 0 saturated heterocycles. The SMILES string of the molecule is COCCCn1cnnc1S[C@@H](C(N)=O)c1ccccc1. The highest BCUT2D eigenvalue weighted by Crippen LogP contribution is 2.33. The molecule has 2 N–H and O–H groups in total. The number of carbonyl (C=O) groups excluding carboxylic acids is 1. The van der Waals surface area contributed by atoms with Crippen molar-refractivity contribution < 1.29 is 9.53 Å². The predicted octanol–water partition coefficient (Wildman–Crippen LogP) is 1.63. The summed E-state index contributed by atoms with van der Waals surface area (Å²) in [5.41, 5.74) is 6.38. The number of hydrogen-bond acceptors (Lipinski definition) is 5. The first-order valence-electron chi connectivity index (χ1n) is 6.60. The molecule has 2 rings (SSSR count). The van der Waals surface area contributed by atoms with E-state index in [-0.39, 0.29) is 0 Å². The highest BCUT2D eigenvalue weighted by atomic mass is 32.2. The van der Waals surface area contributed by atoms with E-state index >= 15 is 0 Å². The second-order valence-electron chi connectivity index (χ2n) is 4.46. The Balaban J connectivity index is 2.11. The van der Waals surface area contributed by atoms with Crippen LogP contribution in [0.2, 0.25) is 0 Å². The van der Waals surface area contributed by atoms with Crippen LogP contribution in [-0.2, 0) is 16.1 Å². The Morgan fingerprint density at radius 1 is 1.43 bits per heavy atom. The maximum atomic E-state index is 11.7. The summed E-state index contributed by atoms with van der Waals surface area (Å²) >= 11 is 1.32. The van der Waals surface area contributed by atoms with Crippen LogP contribution in [0.4, 0.5) is 0 Å². The van der Waals surface area contributed by atoms with Crippen molar-refractivity contribution in [2.75, 3.05) is 13.7 Å². The Morgan fingerprint density at radius 3 is 2.86 bits per heavy atom. The molecule has 1 atom stereocenters. The zero-order valence-electron chi connectivity index (χ0n) is 11.8. The third kappa shape index (κ3) is 4.30. The lowest BCUT2D eigenvalue weighted by Gasteiger charge is -2.13. The molecule has 0 aliphatic heterocycles. The Labute approximate surface area is 127 Å². The molecule has 0 saturated carbocycles. The Morgan fingerprint density at radius 2 is 2.19 bits per heavy atom. The van der Waals surface area contributed by atoms with Crippen LogP contribution in [0.25, 0.3) is 0 Å². The van der Waals surface area contributed by atoms with Gasteiger partial charge in [-0.25, -0.2) is 0 Å². The number of carbonyl (C=O) groups is 1. The number of nitrogens with zero attached hydrogens (tertiary/aromatic N) is 3. The molecule has 2 aromatic rings. The van der Waals surface area contributed by atoms with E-state index in [0.29, 0.717) is 11.8 Å². The first-order chi connectivity index (χ1) is 10.2. The molecule has 0 aliphatic rings. The number of ether oxygens (including phenoxy) is 1. The molecule has 0 bridgehead atoms. The van der Waals surface area contributed by atoms with Gasteiger partial charge in [-0.15, -0.1) is 10.2 Å². The number of hydrogen-bond donors (Lipinski definition) is 1. The Kier molecular flexibility index (Phi) is 5.77. The molecular weight excluding hydrogens is 288 g/mol. The lowest BCUT2D eigenvalue weighted by Crippen LogP contribution is -2.19. The largest absolute Gasteiger partial charge is 0.385 e. The minimum Gasteiger partial charge on any atom is -0.385 e. The zero-order valence-corrected chi connectivity index (χ0v) is 12.6. The minimum atomic E-state index is -0.475. The number of rotatable bonds is 8. The number of thioether (sulfide) groups is 1. The Bertz CT molecular complexity index is 573. The standard InChI is InChI=1S/C14H18N4O2S/c1-20-9-5-8-18-10-16-17-14(18)21-12(13(15)19)11-6-3-2-4-7-11/h2-4,6-7,10,12H,5,8-9H2,1H3,(H2,15,19)/t12-/m1/s1. The summed E-state index contributed by atoms with van der Waals surface area (Å²) in [6.07, 6.45) is 2.51. The first kappa shape index (κ1) is 15.5. The van der Waals surface area contributed by atoms with Crippen LogP contribution in [-0.4, -0.2) is 34.4 Å². The van der Waals surface area contributed by atoms with Crippen molar-refractivity contribution in [3.8, 4) is 0 Å². The number of primary amides is 1. The second kappa shape index (κ2) is 7.80. The predicted molar refractivity (Wildman–Crippen MR) is 80.7 cm³/mol. The van der Waals surface area contributed by atoms with Gasteiger partial charge in [0.2, 0.25) is 5.91 Å². The van der Waals surface area contributed by atoms with E-state index in [9.17, 15) is 4.79 Å². The third-order valence-electron chi connectivity index (χ3n) is 2.91. The van der Waals surface area contributed by atoms with Gasteiger partial charge in [0, 0.05) is 20.3 Å². The van der Waals surface area contributed by atoms with Gasteiger partial charge in [-0.3, -0.25) is 4.79 Å². The van der Waals surface area contributed by atoms with Gasteiger partial charge >= 0.3 is 0 Å². The van der Waals surface area contributed by atoms with Gasteiger partial charge < -0.3 is 15.0 Å². The van der Waals surface area contributed by atoms with Gasteiger partial charge in [-0.05, 0) is 12.0 Å². The summed E-state index contributed by atoms with van der Waals surface area (Å²) in [6.45, 7) is 1.41. The fourth-order valence-corrected chi connectivity index (χ4v) is 2.88. The average Bonchev–Trinajstić information content (AvgIpc) is 2.93. The van der Waals surface area contributed by atoms with Crippen LogP contribution in [0.5, 0.6) is 0 Å². The van der Waals surface area contributed by atoms with Crippen LogP contribution in [0.1, 0.15) is 17.2 Å². The highest BCUT2D eigenvalue weighted by molar-refractivity contribution is 8.00. The minimum absolute atomic E-state index is 0.391. The van der Waals surface area contributed by atoms with Crippen LogP contribution in [0, 0.1) is 0 Å². The van der Waals surface area contributed by atoms with Gasteiger partial charge in [0.1, 0.15) is 11.6 Å². The van der Waals surface area contributed by atoms with Crippen molar-refractivity contribution in [3.05, 3.63) is 42.2 Å². The topological polar surface area (TPSA) is 83.0 Å². The molecule has 0 aliphatic carbocycles. The molecule has 0 fully saturated rings. The van der Waals surface area contributed by atoms with Crippen LogP contribution in [0.3, 0.4) is 0 Å². The maximum absolute atomic E-state index is 11.7. The van der Waals surface area contributed by atoms with E-state index in [0.717, 1.165) is 18.5 Å². The summed E-state index contributed by atoms with van der Waals surface area (Å²) in [5.74, 6) is -0.391. The summed E-state index contributed by atoms with van der Waals surface area (Å²) in [6, 6.07) is 9.44. The van der Waals surface area contributed by atoms with Crippen LogP contribution in [0.15, 0.2) is 41.8 Å². The summed E-state index contributed by atoms with van der Waals surface area (Å²) in [7, 11) is 1.67. The molecule has 1 amide bonds. The highest BCUT2D eigenvalue weighted by Gasteiger charge is 2.21. The number of benzene rings is 1. The van der Waals surface area contributed by atoms with Crippen molar-refractivity contribution in [1.82, 2.24) is 14.8 Å². The van der Waals surface area contributed by atoms with Crippen LogP contribution >= 0.6 is 11.8 Å². The lowest BCUT2D eigenvalue weighted by atomic mass is 10.1. The molecule has 1 aromatic carbocycles. The van der Waals surface area contributed by atoms with Gasteiger partial charge in [0.15, 0.2) is 5.16 Å². The number of amides is 1. The normalized spacial score (nSPS) is 12.2. The average molecular weight is 306 g/mol. The van der Waals surface area contributed by atoms with Crippen molar-refractivity contribution in [2.24, 2.45) is 5.73 Å². The maximum Gasteiger partial charge on any atom is 0.235 e. The van der Waals surface area contributed by atoms with Gasteiger partial charge in [0.05, 0.1) is 0 Å². The fourth-order valence-electron chi connectivity index (χ4n) is 1.89. The summed E-state index contributed by atoms with van der Waals surface area (Å²) < 4.78 is 6.94. The van der Waals surface area contributed by atoms with Crippen molar-refractivity contribution in [1.29, 1.82) is 0 Å². The Hall–Kier alpha value is -1.86. The van der Waals surface area contributed by atoms with Gasteiger partial charge in [-0.1, -0.05) is 42.1 Å². The third-order valence-corrected chi connectivity index (χ3v) is 4.18. The first-order valence-corrected chi connectivity index (χ1v) is 7.48. The molecule has 0 spiro atoms. The molecule has 1 heterocycles. The van der Waals surface area contributed by atoms with E-state index in [1.54, 1.807) is 13.4 Å². The van der Waals surface area contributed by atoms with Gasteiger partial charge in [-0.2, -0.15) is 0 Å². The zero-order chi connectivity index (χ0) is 15.1. The second-order valence-corrected chi connectivity index (χ2v) is 5.54. The monoisotopic (exact) mass is 306 g/mol. The number of nitrogens with two attached hydrogens (primary N) is 1. The molecule has 112 valence electrons. The quantitative estimate of drug-likeness (QED) is 0.592. The molecule has 0 radical (unpaired) electrons. The van der Waals surface area contributed by atoms with Crippen LogP contribution < -0.4 is 5.73 Å². The molecule has 0 unspecified atom stereocenters. The fraction of sp³-hybridized carbons (Fsp3) is 0.357. The number of aromatic nitrogens is 3. The number of methoxy groups -OCH3 is 1. The van der Waals surface area contributed by atoms with E-state index in [1.807, 2.05) is 34.9 Å².